The van der Waals surface area contributed by atoms with Crippen LogP contribution in [0.25, 0.3) is 0 Å². The highest BCUT2D eigenvalue weighted by atomic mass is 16.2. The fraction of sp³-hybridized carbons (Fsp3) is 0.765. The Morgan fingerprint density at radius 2 is 2.33 bits per heavy atom. The van der Waals surface area contributed by atoms with E-state index in [9.17, 15) is 4.79 Å². The van der Waals surface area contributed by atoms with Crippen LogP contribution in [0, 0.1) is 12.8 Å². The summed E-state index contributed by atoms with van der Waals surface area (Å²) in [5.74, 6) is 0.776. The number of amides is 1. The van der Waals surface area contributed by atoms with Crippen molar-refractivity contribution in [2.45, 2.75) is 58.2 Å². The summed E-state index contributed by atoms with van der Waals surface area (Å²) in [5, 5.41) is 3.08. The first-order valence-electron chi connectivity index (χ1n) is 9.12. The summed E-state index contributed by atoms with van der Waals surface area (Å²) >= 11 is 0. The Kier molecular flexibility index (Phi) is 5.86. The molecule has 0 bridgehead atoms. The molecule has 3 unspecified atom stereocenters. The Bertz CT molecular complexity index is 545. The molecular weight excluding hydrogens is 304 g/mol. The van der Waals surface area contributed by atoms with Gasteiger partial charge in [0.15, 0.2) is 0 Å². The van der Waals surface area contributed by atoms with Crippen LogP contribution in [0.3, 0.4) is 0 Å². The first-order valence-corrected chi connectivity index (χ1v) is 9.12. The Morgan fingerprint density at radius 3 is 3.04 bits per heavy atom. The number of likely N-dealkylation sites (tertiary alicyclic amines) is 1. The van der Waals surface area contributed by atoms with Crippen molar-refractivity contribution in [3.05, 3.63) is 17.7 Å². The fourth-order valence-electron chi connectivity index (χ4n) is 3.70. The lowest BCUT2D eigenvalue weighted by Gasteiger charge is -2.32. The van der Waals surface area contributed by atoms with E-state index in [0.717, 1.165) is 50.4 Å². The molecule has 0 saturated carbocycles. The molecule has 1 aromatic rings. The lowest BCUT2D eigenvalue weighted by molar-refractivity contribution is -0.122. The van der Waals surface area contributed by atoms with Gasteiger partial charge in [0.1, 0.15) is 6.04 Å². The van der Waals surface area contributed by atoms with E-state index in [1.54, 1.807) is 6.33 Å². The van der Waals surface area contributed by atoms with Crippen molar-refractivity contribution in [1.82, 2.24) is 31.0 Å². The monoisotopic (exact) mass is 334 g/mol. The van der Waals surface area contributed by atoms with Crippen molar-refractivity contribution in [2.75, 3.05) is 19.6 Å². The Labute approximate surface area is 143 Å². The molecule has 2 aliphatic rings. The number of nitrogens with one attached hydrogen (secondary N) is 4. The van der Waals surface area contributed by atoms with Crippen LogP contribution in [0.5, 0.6) is 0 Å². The van der Waals surface area contributed by atoms with E-state index in [0.29, 0.717) is 12.0 Å². The van der Waals surface area contributed by atoms with Gasteiger partial charge in [0.25, 0.3) is 0 Å². The molecule has 0 radical (unpaired) electrons. The second-order valence-electron chi connectivity index (χ2n) is 7.28. The number of carbonyl (C=O) groups is 1. The Morgan fingerprint density at radius 1 is 1.46 bits per heavy atom. The van der Waals surface area contributed by atoms with Crippen molar-refractivity contribution in [3.63, 3.8) is 0 Å². The lowest BCUT2D eigenvalue weighted by atomic mass is 9.94. The van der Waals surface area contributed by atoms with Gasteiger partial charge in [-0.3, -0.25) is 15.1 Å². The maximum atomic E-state index is 12.1. The average Bonchev–Trinajstić information content (AvgIpc) is 3.17. The van der Waals surface area contributed by atoms with Gasteiger partial charge in [0, 0.05) is 31.4 Å². The highest BCUT2D eigenvalue weighted by Crippen LogP contribution is 2.21. The van der Waals surface area contributed by atoms with Gasteiger partial charge in [-0.2, -0.15) is 0 Å². The second-order valence-corrected chi connectivity index (χ2v) is 7.28. The normalized spacial score (nSPS) is 28.2. The first kappa shape index (κ1) is 17.4. The molecule has 2 aliphatic heterocycles. The number of hydrogen-bond donors (Lipinski definition) is 4. The number of aromatic amines is 1. The predicted molar refractivity (Wildman–Crippen MR) is 93.1 cm³/mol. The second kappa shape index (κ2) is 8.09. The van der Waals surface area contributed by atoms with Gasteiger partial charge in [-0.15, -0.1) is 0 Å². The minimum atomic E-state index is -0.0921. The molecule has 3 atom stereocenters. The van der Waals surface area contributed by atoms with Crippen LogP contribution in [0.15, 0.2) is 6.33 Å². The first-order chi connectivity index (χ1) is 11.6. The van der Waals surface area contributed by atoms with Crippen LogP contribution < -0.4 is 16.2 Å². The molecule has 0 aliphatic carbocycles. The molecule has 0 spiro atoms. The van der Waals surface area contributed by atoms with Gasteiger partial charge in [-0.1, -0.05) is 0 Å². The number of hydrogen-bond acceptors (Lipinski definition) is 5. The van der Waals surface area contributed by atoms with E-state index < -0.39 is 0 Å². The molecular formula is C17H30N6O. The van der Waals surface area contributed by atoms with E-state index in [-0.39, 0.29) is 11.9 Å². The Balaban J connectivity index is 1.38. The lowest BCUT2D eigenvalue weighted by Crippen LogP contribution is -2.44. The SMILES string of the molecule is Cc1[nH]cnc1CN1CCCC(CCNC(=O)C2CC(C)NN2)C1. The third-order valence-corrected chi connectivity index (χ3v) is 5.17. The number of H-pyrrole nitrogens is 1. The van der Waals surface area contributed by atoms with Crippen molar-refractivity contribution < 1.29 is 4.79 Å². The van der Waals surface area contributed by atoms with E-state index in [2.05, 4.69) is 44.9 Å². The number of nitrogens with zero attached hydrogens (tertiary/aromatic N) is 2. The molecule has 2 fully saturated rings. The van der Waals surface area contributed by atoms with Crippen molar-refractivity contribution in [2.24, 2.45) is 5.92 Å². The maximum absolute atomic E-state index is 12.1. The van der Waals surface area contributed by atoms with E-state index in [4.69, 9.17) is 0 Å². The van der Waals surface area contributed by atoms with Crippen molar-refractivity contribution in [1.29, 1.82) is 0 Å². The maximum Gasteiger partial charge on any atom is 0.238 e. The topological polar surface area (TPSA) is 85.1 Å². The summed E-state index contributed by atoms with van der Waals surface area (Å²) in [6.45, 7) is 8.09. The van der Waals surface area contributed by atoms with Crippen LogP contribution >= 0.6 is 0 Å². The highest BCUT2D eigenvalue weighted by Gasteiger charge is 2.26. The largest absolute Gasteiger partial charge is 0.355 e. The van der Waals surface area contributed by atoms with Gasteiger partial charge < -0.3 is 10.3 Å². The zero-order chi connectivity index (χ0) is 16.9. The smallest absolute Gasteiger partial charge is 0.238 e. The zero-order valence-electron chi connectivity index (χ0n) is 14.8. The van der Waals surface area contributed by atoms with Crippen molar-refractivity contribution in [3.8, 4) is 0 Å². The number of rotatable bonds is 6. The summed E-state index contributed by atoms with van der Waals surface area (Å²) in [4.78, 5) is 22.2. The molecule has 1 aromatic heterocycles. The summed E-state index contributed by atoms with van der Waals surface area (Å²) in [6.07, 6.45) is 6.16. The number of carbonyl (C=O) groups excluding carboxylic acids is 1. The number of piperidine rings is 1. The van der Waals surface area contributed by atoms with E-state index in [1.165, 1.54) is 12.8 Å². The van der Waals surface area contributed by atoms with Crippen LogP contribution in [0.1, 0.15) is 44.0 Å². The third-order valence-electron chi connectivity index (χ3n) is 5.17. The summed E-state index contributed by atoms with van der Waals surface area (Å²) < 4.78 is 0. The molecule has 134 valence electrons. The molecule has 1 amide bonds. The van der Waals surface area contributed by atoms with Crippen LogP contribution in [0.4, 0.5) is 0 Å². The minimum absolute atomic E-state index is 0.0921. The quantitative estimate of drug-likeness (QED) is 0.615. The number of aromatic nitrogens is 2. The highest BCUT2D eigenvalue weighted by molar-refractivity contribution is 5.81. The Hall–Kier alpha value is -1.44. The van der Waals surface area contributed by atoms with Gasteiger partial charge in [0.05, 0.1) is 12.0 Å². The zero-order valence-corrected chi connectivity index (χ0v) is 14.8. The number of hydrazine groups is 1. The summed E-state index contributed by atoms with van der Waals surface area (Å²) in [7, 11) is 0. The number of imidazole rings is 1. The van der Waals surface area contributed by atoms with Gasteiger partial charge >= 0.3 is 0 Å². The molecule has 0 aromatic carbocycles. The molecule has 7 heteroatoms. The van der Waals surface area contributed by atoms with E-state index >= 15 is 0 Å². The molecule has 4 N–H and O–H groups in total. The van der Waals surface area contributed by atoms with Gasteiger partial charge in [0.2, 0.25) is 5.91 Å². The van der Waals surface area contributed by atoms with Crippen LogP contribution in [-0.4, -0.2) is 52.5 Å². The number of aryl methyl sites for hydroxylation is 1. The molecule has 3 rings (SSSR count). The van der Waals surface area contributed by atoms with Crippen LogP contribution in [-0.2, 0) is 11.3 Å². The molecule has 2 saturated heterocycles. The van der Waals surface area contributed by atoms with Crippen molar-refractivity contribution >= 4 is 5.91 Å². The predicted octanol–water partition coefficient (Wildman–Crippen LogP) is 0.691. The molecule has 7 nitrogen and oxygen atoms in total. The third kappa shape index (κ3) is 4.55. The van der Waals surface area contributed by atoms with E-state index in [1.807, 2.05) is 0 Å². The minimum Gasteiger partial charge on any atom is -0.355 e. The molecule has 24 heavy (non-hydrogen) atoms. The standard InChI is InChI=1S/C17H30N6O/c1-12-8-15(22-21-12)17(24)18-6-5-14-4-3-7-23(9-14)10-16-13(2)19-11-20-16/h11-12,14-15,21-22H,3-10H2,1-2H3,(H,18,24)(H,19,20). The summed E-state index contributed by atoms with van der Waals surface area (Å²) in [6, 6.07) is 0.267. The average molecular weight is 334 g/mol. The fourth-order valence-corrected chi connectivity index (χ4v) is 3.70. The van der Waals surface area contributed by atoms with Crippen LogP contribution in [0.2, 0.25) is 0 Å². The van der Waals surface area contributed by atoms with Gasteiger partial charge in [-0.25, -0.2) is 10.4 Å². The van der Waals surface area contributed by atoms with Gasteiger partial charge in [-0.05, 0) is 52.0 Å². The molecule has 3 heterocycles. The summed E-state index contributed by atoms with van der Waals surface area (Å²) in [5.41, 5.74) is 8.46.